The fourth-order valence-electron chi connectivity index (χ4n) is 6.43. The number of benzene rings is 6. The summed E-state index contributed by atoms with van der Waals surface area (Å²) < 4.78 is 31.2. The van der Waals surface area contributed by atoms with Gasteiger partial charge in [-0.2, -0.15) is 0 Å². The summed E-state index contributed by atoms with van der Waals surface area (Å²) in [5.41, 5.74) is 6.75. The number of aromatic nitrogens is 2. The monoisotopic (exact) mass is 842 g/mol. The first-order valence-electron chi connectivity index (χ1n) is 17.1. The van der Waals surface area contributed by atoms with Gasteiger partial charge < -0.3 is 14.4 Å². The van der Waals surface area contributed by atoms with Gasteiger partial charge in [-0.1, -0.05) is 105 Å². The van der Waals surface area contributed by atoms with Crippen LogP contribution in [0.3, 0.4) is 0 Å². The number of halogens is 1. The van der Waals surface area contributed by atoms with E-state index in [1.165, 1.54) is 11.6 Å². The molecule has 0 aliphatic rings. The van der Waals surface area contributed by atoms with E-state index in [4.69, 9.17) is 5.79 Å². The average Bonchev–Trinajstić information content (AvgIpc) is 3.55. The Balaban J connectivity index is 0.000000209. The van der Waals surface area contributed by atoms with Crippen molar-refractivity contribution < 1.29 is 30.3 Å². The zero-order chi connectivity index (χ0) is 35.1. The molecule has 5 heteroatoms. The van der Waals surface area contributed by atoms with Crippen molar-refractivity contribution in [2.75, 3.05) is 0 Å². The maximum absolute atomic E-state index is 15.7. The average molecular weight is 842 g/mol. The van der Waals surface area contributed by atoms with Crippen LogP contribution in [0.1, 0.15) is 27.7 Å². The number of hydrogen-bond acceptors (Lipinski definition) is 3. The van der Waals surface area contributed by atoms with Gasteiger partial charge in [0.25, 0.3) is 0 Å². The summed E-state index contributed by atoms with van der Waals surface area (Å²) in [6.07, 6.45) is 3.68. The molecule has 0 unspecified atom stereocenters. The van der Waals surface area contributed by atoms with Crippen molar-refractivity contribution in [2.45, 2.75) is 26.2 Å². The van der Waals surface area contributed by atoms with Crippen LogP contribution >= 0.6 is 0 Å². The van der Waals surface area contributed by atoms with Gasteiger partial charge in [0.05, 0.1) is 12.5 Å². The predicted molar refractivity (Wildman–Crippen MR) is 203 cm³/mol. The minimum absolute atomic E-state index is 0. The molecule has 0 amide bonds. The number of nitrogens with zero attached hydrogens (tertiary/aromatic N) is 2. The molecule has 251 valence electrons. The van der Waals surface area contributed by atoms with Crippen molar-refractivity contribution in [1.82, 2.24) is 9.97 Å². The Morgan fingerprint density at radius 1 is 0.647 bits per heavy atom. The Morgan fingerprint density at radius 3 is 2.12 bits per heavy atom. The Kier molecular flexibility index (Phi) is 9.00. The molecule has 9 rings (SSSR count). The van der Waals surface area contributed by atoms with Crippen LogP contribution in [0.4, 0.5) is 4.39 Å². The Hall–Kier alpha value is -5.48. The molecule has 0 fully saturated rings. The van der Waals surface area contributed by atoms with Crippen molar-refractivity contribution in [2.24, 2.45) is 0 Å². The standard InChI is InChI=1S/C31H17FNO.C15H16N.Ir/c32-27-16-15-24-23-12-7-13-25(28-14-5-6-17-33-28)30(23)34-31(24)29(27)26-18-19-8-1-2-9-20(19)21-10-3-4-11-22(21)26;1-15(2,3)13-9-10-14(16-11-13)12-7-5-4-6-8-12;/h1-12,14-18H;4-7,9-11H,1-3H3;/q2*-1;/i18D;;. The largest absolute Gasteiger partial charge is 0.500 e. The molecule has 51 heavy (non-hydrogen) atoms. The van der Waals surface area contributed by atoms with Crippen molar-refractivity contribution in [1.29, 1.82) is 0 Å². The summed E-state index contributed by atoms with van der Waals surface area (Å²) in [4.78, 5) is 8.95. The molecule has 1 radical (unpaired) electrons. The van der Waals surface area contributed by atoms with Crippen molar-refractivity contribution in [3.63, 3.8) is 0 Å². The normalized spacial score (nSPS) is 11.6. The van der Waals surface area contributed by atoms with E-state index in [2.05, 4.69) is 55.0 Å². The minimum atomic E-state index is -0.422. The third-order valence-corrected chi connectivity index (χ3v) is 9.01. The molecule has 3 aromatic heterocycles. The maximum Gasteiger partial charge on any atom is 0.134 e. The zero-order valence-electron chi connectivity index (χ0n) is 29.3. The van der Waals surface area contributed by atoms with Crippen LogP contribution in [0.2, 0.25) is 0 Å². The number of rotatable bonds is 3. The van der Waals surface area contributed by atoms with E-state index < -0.39 is 5.82 Å². The van der Waals surface area contributed by atoms with Crippen molar-refractivity contribution in [3.05, 3.63) is 169 Å². The molecule has 0 saturated carbocycles. The first-order chi connectivity index (χ1) is 24.8. The van der Waals surface area contributed by atoms with Gasteiger partial charge in [-0.05, 0) is 73.7 Å². The van der Waals surface area contributed by atoms with E-state index in [0.717, 1.165) is 54.8 Å². The second-order valence-electron chi connectivity index (χ2n) is 13.3. The molecule has 6 aromatic carbocycles. The van der Waals surface area contributed by atoms with Gasteiger partial charge in [0.15, 0.2) is 0 Å². The minimum Gasteiger partial charge on any atom is -0.500 e. The number of fused-ring (bicyclic) bond motifs is 6. The fraction of sp³-hybridized carbons (Fsp3) is 0.0870. The third-order valence-electron chi connectivity index (χ3n) is 9.01. The Morgan fingerprint density at radius 2 is 1.39 bits per heavy atom. The van der Waals surface area contributed by atoms with Crippen LogP contribution < -0.4 is 0 Å². The van der Waals surface area contributed by atoms with Crippen molar-refractivity contribution >= 4 is 43.5 Å². The van der Waals surface area contributed by atoms with E-state index >= 15 is 4.39 Å². The predicted octanol–water partition coefficient (Wildman–Crippen LogP) is 12.4. The molecular formula is C46H33FIrN2O-2. The second kappa shape index (κ2) is 14.0. The second-order valence-corrected chi connectivity index (χ2v) is 13.3. The summed E-state index contributed by atoms with van der Waals surface area (Å²) in [5.74, 6) is -0.422. The first-order valence-corrected chi connectivity index (χ1v) is 16.6. The molecule has 0 aliphatic heterocycles. The third kappa shape index (κ3) is 6.47. The van der Waals surface area contributed by atoms with Crippen LogP contribution in [0, 0.1) is 17.9 Å². The zero-order valence-corrected chi connectivity index (χ0v) is 30.7. The molecule has 0 N–H and O–H groups in total. The topological polar surface area (TPSA) is 38.9 Å². The van der Waals surface area contributed by atoms with Crippen LogP contribution in [-0.4, -0.2) is 9.97 Å². The van der Waals surface area contributed by atoms with Gasteiger partial charge in [0, 0.05) is 37.9 Å². The van der Waals surface area contributed by atoms with Crippen LogP contribution in [-0.2, 0) is 25.5 Å². The van der Waals surface area contributed by atoms with Crippen molar-refractivity contribution in [3.8, 4) is 33.6 Å². The number of pyridine rings is 2. The molecule has 0 bridgehead atoms. The summed E-state index contributed by atoms with van der Waals surface area (Å²) in [6.45, 7) is 6.58. The van der Waals surface area contributed by atoms with E-state index in [1.54, 1.807) is 12.3 Å². The first kappa shape index (κ1) is 32.7. The van der Waals surface area contributed by atoms with E-state index in [1.807, 2.05) is 109 Å². The van der Waals surface area contributed by atoms with Crippen LogP contribution in [0.15, 0.2) is 150 Å². The Labute approximate surface area is 311 Å². The molecular weight excluding hydrogens is 808 g/mol. The smallest absolute Gasteiger partial charge is 0.134 e. The quantitative estimate of drug-likeness (QED) is 0.131. The van der Waals surface area contributed by atoms with Gasteiger partial charge in [-0.25, -0.2) is 4.39 Å². The van der Waals surface area contributed by atoms with Crippen LogP contribution in [0.25, 0.3) is 77.1 Å². The Bertz CT molecular complexity index is 2690. The fourth-order valence-corrected chi connectivity index (χ4v) is 6.43. The molecule has 0 aliphatic carbocycles. The molecule has 0 atom stereocenters. The number of furan rings is 1. The summed E-state index contributed by atoms with van der Waals surface area (Å²) in [7, 11) is 0. The SMILES string of the molecule is CC(C)(C)c1ccc(-c2[c-]cccc2)nc1.[2H]c1c(-c2c(F)ccc3c2oc2c(-c4ccccn4)[c-]ccc23)c2ccccc2c2ccccc12.[Ir]. The molecule has 3 heterocycles. The van der Waals surface area contributed by atoms with E-state index in [-0.39, 0.29) is 31.6 Å². The van der Waals surface area contributed by atoms with Gasteiger partial charge in [-0.3, -0.25) is 0 Å². The summed E-state index contributed by atoms with van der Waals surface area (Å²) in [5, 5.41) is 5.19. The summed E-state index contributed by atoms with van der Waals surface area (Å²) >= 11 is 0. The molecule has 9 aromatic rings. The van der Waals surface area contributed by atoms with Crippen LogP contribution in [0.5, 0.6) is 0 Å². The van der Waals surface area contributed by atoms with Gasteiger partial charge in [-0.15, -0.1) is 54.1 Å². The molecule has 3 nitrogen and oxygen atoms in total. The number of hydrogen-bond donors (Lipinski definition) is 0. The van der Waals surface area contributed by atoms with E-state index in [0.29, 0.717) is 22.3 Å². The van der Waals surface area contributed by atoms with Gasteiger partial charge in [0.1, 0.15) is 11.4 Å². The summed E-state index contributed by atoms with van der Waals surface area (Å²) in [6, 6.07) is 47.1. The molecule has 0 saturated heterocycles. The van der Waals surface area contributed by atoms with Gasteiger partial charge in [0.2, 0.25) is 0 Å². The molecule has 0 spiro atoms. The maximum atomic E-state index is 15.7. The van der Waals surface area contributed by atoms with E-state index in [9.17, 15) is 0 Å². The van der Waals surface area contributed by atoms with Gasteiger partial charge >= 0.3 is 0 Å².